The normalized spacial score (nSPS) is 11.5. The van der Waals surface area contributed by atoms with E-state index in [1.165, 1.54) is 5.56 Å². The summed E-state index contributed by atoms with van der Waals surface area (Å²) in [6.45, 7) is 6.04. The second kappa shape index (κ2) is 3.12. The first-order chi connectivity index (χ1) is 6.59. The van der Waals surface area contributed by atoms with E-state index < -0.39 is 0 Å². The number of aromatic nitrogens is 1. The fraction of sp³-hybridized carbons (Fsp3) is 0.333. The second-order valence-electron chi connectivity index (χ2n) is 4.05. The number of benzene rings is 1. The molecule has 1 aromatic carbocycles. The minimum atomic E-state index is -0.116. The second-order valence-corrected chi connectivity index (χ2v) is 4.05. The van der Waals surface area contributed by atoms with E-state index in [0.717, 1.165) is 16.5 Å². The van der Waals surface area contributed by atoms with Crippen molar-refractivity contribution in [2.45, 2.75) is 26.7 Å². The first-order valence-electron chi connectivity index (χ1n) is 4.86. The van der Waals surface area contributed by atoms with Gasteiger partial charge in [0.2, 0.25) is 0 Å². The van der Waals surface area contributed by atoms with E-state index in [2.05, 4.69) is 4.98 Å². The summed E-state index contributed by atoms with van der Waals surface area (Å²) in [6, 6.07) is 3.53. The molecule has 2 heteroatoms. The predicted molar refractivity (Wildman–Crippen MR) is 57.1 cm³/mol. The zero-order chi connectivity index (χ0) is 10.3. The van der Waals surface area contributed by atoms with Crippen molar-refractivity contribution in [3.63, 3.8) is 0 Å². The summed E-state index contributed by atoms with van der Waals surface area (Å²) in [7, 11) is 0. The van der Waals surface area contributed by atoms with Crippen molar-refractivity contribution in [3.05, 3.63) is 35.3 Å². The van der Waals surface area contributed by atoms with Crippen LogP contribution in [-0.4, -0.2) is 4.98 Å². The molecule has 1 N–H and O–H groups in total. The number of hydrogen-bond acceptors (Lipinski definition) is 0. The molecule has 0 atom stereocenters. The van der Waals surface area contributed by atoms with Crippen LogP contribution < -0.4 is 0 Å². The highest BCUT2D eigenvalue weighted by molar-refractivity contribution is 5.83. The lowest BCUT2D eigenvalue weighted by atomic mass is 10.00. The number of rotatable bonds is 1. The van der Waals surface area contributed by atoms with E-state index >= 15 is 0 Å². The van der Waals surface area contributed by atoms with Crippen LogP contribution in [0.3, 0.4) is 0 Å². The van der Waals surface area contributed by atoms with Crippen LogP contribution >= 0.6 is 0 Å². The Labute approximate surface area is 82.9 Å². The highest BCUT2D eigenvalue weighted by atomic mass is 19.1. The van der Waals surface area contributed by atoms with Gasteiger partial charge in [-0.25, -0.2) is 4.39 Å². The fourth-order valence-electron chi connectivity index (χ4n) is 1.74. The van der Waals surface area contributed by atoms with Gasteiger partial charge >= 0.3 is 0 Å². The highest BCUT2D eigenvalue weighted by Crippen LogP contribution is 2.26. The molecular weight excluding hydrogens is 177 g/mol. The first kappa shape index (κ1) is 9.25. The van der Waals surface area contributed by atoms with E-state index in [-0.39, 0.29) is 11.7 Å². The SMILES string of the molecule is Cc1c[nH]c2cc(F)c(C(C)C)cc12. The molecule has 0 spiro atoms. The smallest absolute Gasteiger partial charge is 0.128 e. The van der Waals surface area contributed by atoms with Crippen molar-refractivity contribution >= 4 is 10.9 Å². The van der Waals surface area contributed by atoms with Crippen LogP contribution in [-0.2, 0) is 0 Å². The molecule has 0 aliphatic heterocycles. The van der Waals surface area contributed by atoms with Crippen LogP contribution in [0.1, 0.15) is 30.9 Å². The molecule has 14 heavy (non-hydrogen) atoms. The molecule has 0 bridgehead atoms. The van der Waals surface area contributed by atoms with Crippen molar-refractivity contribution in [1.29, 1.82) is 0 Å². The largest absolute Gasteiger partial charge is 0.361 e. The Balaban J connectivity index is 2.74. The zero-order valence-electron chi connectivity index (χ0n) is 8.69. The van der Waals surface area contributed by atoms with Crippen molar-refractivity contribution in [1.82, 2.24) is 4.98 Å². The summed E-state index contributed by atoms with van der Waals surface area (Å²) in [5.41, 5.74) is 2.84. The molecule has 1 aromatic heterocycles. The molecule has 2 rings (SSSR count). The Morgan fingerprint density at radius 2 is 2.00 bits per heavy atom. The lowest BCUT2D eigenvalue weighted by Gasteiger charge is -2.07. The quantitative estimate of drug-likeness (QED) is 0.706. The Morgan fingerprint density at radius 3 is 2.64 bits per heavy atom. The summed E-state index contributed by atoms with van der Waals surface area (Å²) in [4.78, 5) is 3.05. The number of halogens is 1. The van der Waals surface area contributed by atoms with E-state index in [4.69, 9.17) is 0 Å². The maximum absolute atomic E-state index is 13.6. The van der Waals surface area contributed by atoms with Gasteiger partial charge in [-0.3, -0.25) is 0 Å². The molecule has 0 amide bonds. The van der Waals surface area contributed by atoms with Gasteiger partial charge in [-0.2, -0.15) is 0 Å². The van der Waals surface area contributed by atoms with Crippen molar-refractivity contribution < 1.29 is 4.39 Å². The van der Waals surface area contributed by atoms with E-state index in [1.807, 2.05) is 33.0 Å². The van der Waals surface area contributed by atoms with Crippen LogP contribution in [0, 0.1) is 12.7 Å². The Morgan fingerprint density at radius 1 is 1.29 bits per heavy atom. The average molecular weight is 191 g/mol. The molecule has 0 fully saturated rings. The van der Waals surface area contributed by atoms with Crippen LogP contribution in [0.4, 0.5) is 4.39 Å². The molecule has 0 radical (unpaired) electrons. The van der Waals surface area contributed by atoms with Crippen LogP contribution in [0.15, 0.2) is 18.3 Å². The van der Waals surface area contributed by atoms with E-state index in [9.17, 15) is 4.39 Å². The third kappa shape index (κ3) is 1.31. The first-order valence-corrected chi connectivity index (χ1v) is 4.86. The van der Waals surface area contributed by atoms with Crippen molar-refractivity contribution in [2.24, 2.45) is 0 Å². The number of aryl methyl sites for hydroxylation is 1. The Kier molecular flexibility index (Phi) is 2.06. The third-order valence-corrected chi connectivity index (χ3v) is 2.63. The molecule has 0 aliphatic carbocycles. The monoisotopic (exact) mass is 191 g/mol. The molecule has 0 saturated heterocycles. The van der Waals surface area contributed by atoms with Crippen LogP contribution in [0.5, 0.6) is 0 Å². The van der Waals surface area contributed by atoms with Gasteiger partial charge in [0.15, 0.2) is 0 Å². The van der Waals surface area contributed by atoms with Gasteiger partial charge in [-0.1, -0.05) is 13.8 Å². The molecule has 2 aromatic rings. The lowest BCUT2D eigenvalue weighted by Crippen LogP contribution is -1.92. The fourth-order valence-corrected chi connectivity index (χ4v) is 1.74. The summed E-state index contributed by atoms with van der Waals surface area (Å²) in [5.74, 6) is 0.114. The minimum Gasteiger partial charge on any atom is -0.361 e. The molecule has 0 unspecified atom stereocenters. The number of H-pyrrole nitrogens is 1. The van der Waals surface area contributed by atoms with Gasteiger partial charge in [0.25, 0.3) is 0 Å². The zero-order valence-corrected chi connectivity index (χ0v) is 8.69. The topological polar surface area (TPSA) is 15.8 Å². The average Bonchev–Trinajstić information content (AvgIpc) is 2.46. The molecule has 1 heterocycles. The molecule has 1 nitrogen and oxygen atoms in total. The van der Waals surface area contributed by atoms with Gasteiger partial charge in [0.1, 0.15) is 5.82 Å². The van der Waals surface area contributed by atoms with Gasteiger partial charge in [0.05, 0.1) is 0 Å². The third-order valence-electron chi connectivity index (χ3n) is 2.63. The summed E-state index contributed by atoms with van der Waals surface area (Å²) >= 11 is 0. The molecule has 0 aliphatic rings. The Bertz CT molecular complexity index is 468. The van der Waals surface area contributed by atoms with Crippen LogP contribution in [0.25, 0.3) is 10.9 Å². The highest BCUT2D eigenvalue weighted by Gasteiger charge is 2.09. The number of aromatic amines is 1. The van der Waals surface area contributed by atoms with Gasteiger partial charge in [-0.15, -0.1) is 0 Å². The maximum atomic E-state index is 13.6. The van der Waals surface area contributed by atoms with Crippen molar-refractivity contribution in [2.75, 3.05) is 0 Å². The van der Waals surface area contributed by atoms with Gasteiger partial charge in [-0.05, 0) is 36.1 Å². The molecule has 0 saturated carbocycles. The van der Waals surface area contributed by atoms with Gasteiger partial charge < -0.3 is 4.98 Å². The van der Waals surface area contributed by atoms with Crippen molar-refractivity contribution in [3.8, 4) is 0 Å². The van der Waals surface area contributed by atoms with Gasteiger partial charge in [0, 0.05) is 17.1 Å². The molecular formula is C12H14FN. The summed E-state index contributed by atoms with van der Waals surface area (Å²) in [6.07, 6.45) is 1.91. The van der Waals surface area contributed by atoms with Crippen LogP contribution in [0.2, 0.25) is 0 Å². The predicted octanol–water partition coefficient (Wildman–Crippen LogP) is 3.74. The van der Waals surface area contributed by atoms with E-state index in [1.54, 1.807) is 6.07 Å². The number of hydrogen-bond donors (Lipinski definition) is 1. The van der Waals surface area contributed by atoms with E-state index in [0.29, 0.717) is 0 Å². The maximum Gasteiger partial charge on any atom is 0.128 e. The lowest BCUT2D eigenvalue weighted by molar-refractivity contribution is 0.600. The molecule has 74 valence electrons. The number of fused-ring (bicyclic) bond motifs is 1. The number of nitrogens with one attached hydrogen (secondary N) is 1. The minimum absolute atomic E-state index is 0.116. The summed E-state index contributed by atoms with van der Waals surface area (Å²) in [5, 5.41) is 1.12. The Hall–Kier alpha value is -1.31. The standard InChI is InChI=1S/C12H14FN/c1-7(2)9-4-10-8(3)6-14-12(10)5-11(9)13/h4-7,14H,1-3H3. The summed E-state index contributed by atoms with van der Waals surface area (Å²) < 4.78 is 13.6.